The number of alkyl halides is 2. The number of hydrogen-bond donors (Lipinski definition) is 0. The van der Waals surface area contributed by atoms with E-state index in [2.05, 4.69) is 0 Å². The first-order valence-electron chi connectivity index (χ1n) is 3.57. The van der Waals surface area contributed by atoms with Gasteiger partial charge in [0.2, 0.25) is 5.24 Å². The van der Waals surface area contributed by atoms with Crippen molar-refractivity contribution in [1.82, 2.24) is 0 Å². The number of halogens is 3. The largest absolute Gasteiger partial charge is 0.279 e. The van der Waals surface area contributed by atoms with Gasteiger partial charge in [0, 0.05) is 5.38 Å². The van der Waals surface area contributed by atoms with Gasteiger partial charge in [-0.15, -0.1) is 23.2 Å². The van der Waals surface area contributed by atoms with Gasteiger partial charge in [-0.3, -0.25) is 4.79 Å². The van der Waals surface area contributed by atoms with E-state index in [0.717, 1.165) is 12.8 Å². The first-order valence-corrected chi connectivity index (χ1v) is 4.77. The lowest BCUT2D eigenvalue weighted by Gasteiger charge is -2.29. The van der Waals surface area contributed by atoms with Gasteiger partial charge in [0.05, 0.1) is 0 Å². The monoisotopic (exact) mass is 214 g/mol. The van der Waals surface area contributed by atoms with Crippen molar-refractivity contribution >= 4 is 40.0 Å². The summed E-state index contributed by atoms with van der Waals surface area (Å²) in [4.78, 5) is 9.99. The van der Waals surface area contributed by atoms with E-state index in [0.29, 0.717) is 12.8 Å². The molecule has 1 aliphatic carbocycles. The van der Waals surface area contributed by atoms with Gasteiger partial charge < -0.3 is 0 Å². The Morgan fingerprint density at radius 1 is 1.36 bits per heavy atom. The fraction of sp³-hybridized carbons (Fsp3) is 0.857. The standard InChI is InChI=1S/C7H9Cl3O/c8-5-1-3-7(10,4-2-5)6(9)11/h5H,1-4H2. The van der Waals surface area contributed by atoms with E-state index in [9.17, 15) is 4.79 Å². The maximum Gasteiger partial charge on any atom is 0.242 e. The van der Waals surface area contributed by atoms with Gasteiger partial charge in [-0.1, -0.05) is 0 Å². The van der Waals surface area contributed by atoms with E-state index in [1.54, 1.807) is 0 Å². The Labute approximate surface area is 81.0 Å². The van der Waals surface area contributed by atoms with Crippen LogP contribution in [0.1, 0.15) is 25.7 Å². The highest BCUT2D eigenvalue weighted by molar-refractivity contribution is 6.70. The van der Waals surface area contributed by atoms with Crippen molar-refractivity contribution in [2.45, 2.75) is 35.9 Å². The zero-order chi connectivity index (χ0) is 8.48. The number of hydrogen-bond acceptors (Lipinski definition) is 1. The third-order valence-electron chi connectivity index (χ3n) is 2.06. The van der Waals surface area contributed by atoms with Crippen LogP contribution in [0.2, 0.25) is 0 Å². The van der Waals surface area contributed by atoms with Crippen molar-refractivity contribution in [2.75, 3.05) is 0 Å². The molecule has 1 rings (SSSR count). The Bertz CT molecular complexity index is 161. The molecule has 0 amide bonds. The van der Waals surface area contributed by atoms with Crippen molar-refractivity contribution in [1.29, 1.82) is 0 Å². The highest BCUT2D eigenvalue weighted by atomic mass is 35.5. The van der Waals surface area contributed by atoms with Crippen molar-refractivity contribution in [2.24, 2.45) is 0 Å². The summed E-state index contributed by atoms with van der Waals surface area (Å²) >= 11 is 17.1. The highest BCUT2D eigenvalue weighted by Gasteiger charge is 2.38. The molecule has 0 bridgehead atoms. The summed E-state index contributed by atoms with van der Waals surface area (Å²) in [5.74, 6) is 0. The Kier molecular flexibility index (Phi) is 3.07. The van der Waals surface area contributed by atoms with Gasteiger partial charge in [0.15, 0.2) is 0 Å². The summed E-state index contributed by atoms with van der Waals surface area (Å²) in [5.41, 5.74) is 0. The zero-order valence-corrected chi connectivity index (χ0v) is 8.22. The smallest absolute Gasteiger partial charge is 0.242 e. The summed E-state index contributed by atoms with van der Waals surface area (Å²) in [6, 6.07) is 0. The second-order valence-corrected chi connectivity index (χ2v) is 4.60. The van der Waals surface area contributed by atoms with Crippen molar-refractivity contribution in [3.05, 3.63) is 0 Å². The van der Waals surface area contributed by atoms with Crippen LogP contribution in [-0.4, -0.2) is 15.5 Å². The molecule has 0 aliphatic heterocycles. The van der Waals surface area contributed by atoms with Gasteiger partial charge in [0.1, 0.15) is 4.87 Å². The molecule has 0 N–H and O–H groups in total. The molecule has 1 fully saturated rings. The van der Waals surface area contributed by atoms with E-state index in [1.165, 1.54) is 0 Å². The molecule has 64 valence electrons. The molecule has 0 heterocycles. The Hall–Kier alpha value is 0.540. The van der Waals surface area contributed by atoms with Crippen molar-refractivity contribution in [3.8, 4) is 0 Å². The summed E-state index contributed by atoms with van der Waals surface area (Å²) in [7, 11) is 0. The molecular formula is C7H9Cl3O. The molecule has 0 radical (unpaired) electrons. The lowest BCUT2D eigenvalue weighted by molar-refractivity contribution is -0.114. The van der Waals surface area contributed by atoms with Crippen LogP contribution >= 0.6 is 34.8 Å². The maximum absolute atomic E-state index is 10.8. The quantitative estimate of drug-likeness (QED) is 0.486. The molecule has 0 aromatic heterocycles. The Balaban J connectivity index is 2.55. The predicted octanol–water partition coefficient (Wildman–Crippen LogP) is 2.91. The third-order valence-corrected chi connectivity index (χ3v) is 3.50. The molecular weight excluding hydrogens is 206 g/mol. The van der Waals surface area contributed by atoms with Crippen LogP contribution in [0.5, 0.6) is 0 Å². The van der Waals surface area contributed by atoms with Crippen LogP contribution < -0.4 is 0 Å². The number of carbonyl (C=O) groups excluding carboxylic acids is 1. The van der Waals surface area contributed by atoms with E-state index in [4.69, 9.17) is 34.8 Å². The topological polar surface area (TPSA) is 17.1 Å². The lowest BCUT2D eigenvalue weighted by atomic mass is 9.89. The zero-order valence-electron chi connectivity index (χ0n) is 5.95. The molecule has 1 saturated carbocycles. The minimum absolute atomic E-state index is 0.165. The second-order valence-electron chi connectivity index (χ2n) is 2.91. The summed E-state index contributed by atoms with van der Waals surface area (Å²) < 4.78 is 0. The Morgan fingerprint density at radius 2 is 1.82 bits per heavy atom. The molecule has 4 heteroatoms. The third kappa shape index (κ3) is 2.24. The SMILES string of the molecule is O=C(Cl)C1(Cl)CCC(Cl)CC1. The number of carbonyl (C=O) groups is 1. The minimum atomic E-state index is -0.826. The molecule has 0 spiro atoms. The predicted molar refractivity (Wildman–Crippen MR) is 47.6 cm³/mol. The summed E-state index contributed by atoms with van der Waals surface area (Å²) in [5, 5.41) is -0.277. The fourth-order valence-corrected chi connectivity index (χ4v) is 1.86. The van der Waals surface area contributed by atoms with Crippen LogP contribution in [0.4, 0.5) is 0 Å². The first kappa shape index (κ1) is 9.63. The van der Waals surface area contributed by atoms with Gasteiger partial charge in [-0.05, 0) is 37.3 Å². The van der Waals surface area contributed by atoms with Crippen LogP contribution in [0.15, 0.2) is 0 Å². The van der Waals surface area contributed by atoms with Gasteiger partial charge in [0.25, 0.3) is 0 Å². The second kappa shape index (κ2) is 3.51. The van der Waals surface area contributed by atoms with Crippen LogP contribution in [0, 0.1) is 0 Å². The molecule has 0 saturated heterocycles. The lowest BCUT2D eigenvalue weighted by Crippen LogP contribution is -2.34. The average molecular weight is 216 g/mol. The van der Waals surface area contributed by atoms with Gasteiger partial charge >= 0.3 is 0 Å². The Morgan fingerprint density at radius 3 is 2.18 bits per heavy atom. The molecule has 1 nitrogen and oxygen atoms in total. The van der Waals surface area contributed by atoms with E-state index < -0.39 is 10.1 Å². The highest BCUT2D eigenvalue weighted by Crippen LogP contribution is 2.37. The van der Waals surface area contributed by atoms with E-state index in [-0.39, 0.29) is 5.38 Å². The van der Waals surface area contributed by atoms with Gasteiger partial charge in [-0.2, -0.15) is 0 Å². The summed E-state index contributed by atoms with van der Waals surface area (Å²) in [6.45, 7) is 0. The molecule has 1 aliphatic rings. The van der Waals surface area contributed by atoms with Crippen molar-refractivity contribution in [3.63, 3.8) is 0 Å². The van der Waals surface area contributed by atoms with E-state index in [1.807, 2.05) is 0 Å². The van der Waals surface area contributed by atoms with Crippen LogP contribution in [0.25, 0.3) is 0 Å². The molecule has 0 unspecified atom stereocenters. The van der Waals surface area contributed by atoms with Gasteiger partial charge in [-0.25, -0.2) is 0 Å². The fourth-order valence-electron chi connectivity index (χ4n) is 1.24. The molecule has 11 heavy (non-hydrogen) atoms. The van der Waals surface area contributed by atoms with Crippen LogP contribution in [0.3, 0.4) is 0 Å². The summed E-state index contributed by atoms with van der Waals surface area (Å²) in [6.07, 6.45) is 2.77. The van der Waals surface area contributed by atoms with Crippen LogP contribution in [-0.2, 0) is 4.79 Å². The molecule has 0 aromatic rings. The van der Waals surface area contributed by atoms with E-state index >= 15 is 0 Å². The molecule has 0 atom stereocenters. The molecule has 0 aromatic carbocycles. The maximum atomic E-state index is 10.8. The number of rotatable bonds is 1. The normalized spacial score (nSPS) is 38.6. The average Bonchev–Trinajstić information content (AvgIpc) is 1.95. The first-order chi connectivity index (χ1) is 5.04. The van der Waals surface area contributed by atoms with Crippen molar-refractivity contribution < 1.29 is 4.79 Å². The minimum Gasteiger partial charge on any atom is -0.279 e.